The second-order valence-electron chi connectivity index (χ2n) is 5.04. The summed E-state index contributed by atoms with van der Waals surface area (Å²) < 4.78 is 5.73. The van der Waals surface area contributed by atoms with Crippen LogP contribution in [0.5, 0.6) is 5.75 Å². The fourth-order valence-electron chi connectivity index (χ4n) is 2.18. The van der Waals surface area contributed by atoms with Gasteiger partial charge in [-0.2, -0.15) is 0 Å². The maximum absolute atomic E-state index is 10.9. The van der Waals surface area contributed by atoms with Gasteiger partial charge in [-0.3, -0.25) is 4.79 Å². The lowest BCUT2D eigenvalue weighted by molar-refractivity contribution is -0.137. The Labute approximate surface area is 140 Å². The molecule has 1 aromatic rings. The molecule has 0 saturated carbocycles. The van der Waals surface area contributed by atoms with Crippen LogP contribution in [0.15, 0.2) is 41.0 Å². The summed E-state index contributed by atoms with van der Waals surface area (Å²) in [5.74, 6) is 6.24. The number of aliphatic imine (C=N–C) groups is 1. The first-order valence-corrected chi connectivity index (χ1v) is 8.31. The van der Waals surface area contributed by atoms with Crippen molar-refractivity contribution in [1.82, 2.24) is 0 Å². The van der Waals surface area contributed by atoms with E-state index < -0.39 is 5.97 Å². The Bertz CT molecular complexity index is 680. The van der Waals surface area contributed by atoms with Crippen molar-refractivity contribution in [3.05, 3.63) is 41.6 Å². The highest BCUT2D eigenvalue weighted by atomic mass is 32.2. The Hall–Kier alpha value is -2.19. The summed E-state index contributed by atoms with van der Waals surface area (Å²) in [6.07, 6.45) is 2.06. The lowest BCUT2D eigenvalue weighted by Gasteiger charge is -2.12. The number of hydrogen-bond acceptors (Lipinski definition) is 4. The van der Waals surface area contributed by atoms with Gasteiger partial charge in [0.15, 0.2) is 0 Å². The second-order valence-corrected chi connectivity index (χ2v) is 6.25. The van der Waals surface area contributed by atoms with E-state index in [1.807, 2.05) is 31.2 Å². The van der Waals surface area contributed by atoms with Gasteiger partial charge in [0.1, 0.15) is 12.4 Å². The number of carbonyl (C=O) groups is 1. The molecule has 0 amide bonds. The highest BCUT2D eigenvalue weighted by molar-refractivity contribution is 8.14. The third-order valence-corrected chi connectivity index (χ3v) is 4.12. The molecular weight excluding hydrogens is 310 g/mol. The molecule has 1 aliphatic heterocycles. The molecule has 0 radical (unpaired) electrons. The number of hydrogen-bond donors (Lipinski definition) is 1. The molecule has 1 aliphatic rings. The lowest BCUT2D eigenvalue weighted by Crippen LogP contribution is -2.06. The number of rotatable bonds is 6. The van der Waals surface area contributed by atoms with E-state index >= 15 is 0 Å². The topological polar surface area (TPSA) is 58.9 Å². The Kier molecular flexibility index (Phi) is 6.30. The average molecular weight is 329 g/mol. The molecule has 1 N–H and O–H groups in total. The lowest BCUT2D eigenvalue weighted by atomic mass is 9.96. The summed E-state index contributed by atoms with van der Waals surface area (Å²) in [5, 5.41) is 10.0. The van der Waals surface area contributed by atoms with Crippen molar-refractivity contribution >= 4 is 22.8 Å². The number of thioether (sulfide) groups is 1. The molecule has 1 unspecified atom stereocenters. The van der Waals surface area contributed by atoms with Crippen molar-refractivity contribution in [3.8, 4) is 17.6 Å². The van der Waals surface area contributed by atoms with Crippen LogP contribution >= 0.6 is 11.8 Å². The molecule has 0 bridgehead atoms. The number of aliphatic carboxylic acids is 1. The van der Waals surface area contributed by atoms with Crippen molar-refractivity contribution in [2.24, 2.45) is 4.99 Å². The van der Waals surface area contributed by atoms with Crippen LogP contribution in [0.2, 0.25) is 0 Å². The Morgan fingerprint density at radius 1 is 1.43 bits per heavy atom. The molecule has 0 spiro atoms. The van der Waals surface area contributed by atoms with Gasteiger partial charge < -0.3 is 9.84 Å². The minimum Gasteiger partial charge on any atom is -0.487 e. The summed E-state index contributed by atoms with van der Waals surface area (Å²) >= 11 is 1.72. The molecule has 120 valence electrons. The minimum atomic E-state index is -0.853. The quantitative estimate of drug-likeness (QED) is 0.809. The zero-order chi connectivity index (χ0) is 16.7. The highest BCUT2D eigenvalue weighted by Gasteiger charge is 2.13. The highest BCUT2D eigenvalue weighted by Crippen LogP contribution is 2.23. The normalized spacial score (nSPS) is 14.9. The third-order valence-electron chi connectivity index (χ3n) is 3.28. The number of carboxylic acid groups (broad SMARTS) is 1. The molecule has 2 rings (SSSR count). The van der Waals surface area contributed by atoms with Gasteiger partial charge in [-0.15, -0.1) is 17.7 Å². The van der Waals surface area contributed by atoms with E-state index in [0.29, 0.717) is 6.61 Å². The molecule has 1 atom stereocenters. The van der Waals surface area contributed by atoms with Crippen molar-refractivity contribution in [1.29, 1.82) is 0 Å². The number of benzene rings is 1. The molecule has 0 aromatic heterocycles. The molecule has 0 fully saturated rings. The molecule has 23 heavy (non-hydrogen) atoms. The SMILES string of the molecule is CC#CC(CC(=O)O)c1ccc(OCC2=CCSC(C)=N2)cc1. The van der Waals surface area contributed by atoms with Gasteiger partial charge >= 0.3 is 5.97 Å². The monoisotopic (exact) mass is 329 g/mol. The van der Waals surface area contributed by atoms with Gasteiger partial charge in [0.25, 0.3) is 0 Å². The van der Waals surface area contributed by atoms with Crippen LogP contribution in [-0.4, -0.2) is 28.5 Å². The van der Waals surface area contributed by atoms with Gasteiger partial charge in [-0.25, -0.2) is 4.99 Å². The first kappa shape index (κ1) is 17.2. The van der Waals surface area contributed by atoms with Crippen LogP contribution in [0.25, 0.3) is 0 Å². The molecule has 4 nitrogen and oxygen atoms in total. The summed E-state index contributed by atoms with van der Waals surface area (Å²) in [5.41, 5.74) is 1.82. The maximum Gasteiger partial charge on any atom is 0.304 e. The number of carboxylic acids is 1. The van der Waals surface area contributed by atoms with E-state index in [0.717, 1.165) is 27.8 Å². The molecule has 1 aromatic carbocycles. The molecular formula is C18H19NO3S. The Morgan fingerprint density at radius 3 is 2.78 bits per heavy atom. The van der Waals surface area contributed by atoms with Crippen LogP contribution in [0.4, 0.5) is 0 Å². The number of ether oxygens (including phenoxy) is 1. The molecule has 0 aliphatic carbocycles. The maximum atomic E-state index is 10.9. The van der Waals surface area contributed by atoms with Crippen molar-refractivity contribution in [2.75, 3.05) is 12.4 Å². The van der Waals surface area contributed by atoms with Gasteiger partial charge in [-0.05, 0) is 37.6 Å². The summed E-state index contributed by atoms with van der Waals surface area (Å²) in [6, 6.07) is 7.42. The fourth-order valence-corrected chi connectivity index (χ4v) is 2.88. The van der Waals surface area contributed by atoms with Gasteiger partial charge in [-0.1, -0.05) is 18.1 Å². The van der Waals surface area contributed by atoms with Crippen LogP contribution in [0.1, 0.15) is 31.7 Å². The standard InChI is InChI=1S/C18H19NO3S/c1-3-4-15(11-18(20)21)14-5-7-17(8-6-14)22-12-16-9-10-23-13(2)19-16/h5-9,15H,10-12H2,1-2H3,(H,20,21). The largest absolute Gasteiger partial charge is 0.487 e. The second kappa shape index (κ2) is 8.44. The Balaban J connectivity index is 1.99. The Morgan fingerprint density at radius 2 is 2.17 bits per heavy atom. The van der Waals surface area contributed by atoms with E-state index in [2.05, 4.69) is 22.9 Å². The van der Waals surface area contributed by atoms with E-state index in [9.17, 15) is 4.79 Å². The summed E-state index contributed by atoms with van der Waals surface area (Å²) in [4.78, 5) is 15.3. The van der Waals surface area contributed by atoms with Crippen molar-refractivity contribution in [2.45, 2.75) is 26.2 Å². The van der Waals surface area contributed by atoms with Gasteiger partial charge in [0, 0.05) is 5.75 Å². The van der Waals surface area contributed by atoms with E-state index in [1.54, 1.807) is 18.7 Å². The predicted octanol–water partition coefficient (Wildman–Crippen LogP) is 3.70. The van der Waals surface area contributed by atoms with Crippen LogP contribution < -0.4 is 4.74 Å². The molecule has 1 heterocycles. The van der Waals surface area contributed by atoms with Gasteiger partial charge in [0.05, 0.1) is 23.1 Å². The minimum absolute atomic E-state index is 0.000409. The van der Waals surface area contributed by atoms with Crippen LogP contribution in [-0.2, 0) is 4.79 Å². The summed E-state index contributed by atoms with van der Waals surface area (Å²) in [6.45, 7) is 4.14. The first-order chi connectivity index (χ1) is 11.1. The van der Waals surface area contributed by atoms with Gasteiger partial charge in [0.2, 0.25) is 0 Å². The fraction of sp³-hybridized carbons (Fsp3) is 0.333. The zero-order valence-corrected chi connectivity index (χ0v) is 14.0. The molecule has 0 saturated heterocycles. The van der Waals surface area contributed by atoms with Crippen molar-refractivity contribution < 1.29 is 14.6 Å². The smallest absolute Gasteiger partial charge is 0.304 e. The zero-order valence-electron chi connectivity index (χ0n) is 13.2. The summed E-state index contributed by atoms with van der Waals surface area (Å²) in [7, 11) is 0. The predicted molar refractivity (Wildman–Crippen MR) is 94.0 cm³/mol. The number of nitrogens with zero attached hydrogens (tertiary/aromatic N) is 1. The molecule has 5 heteroatoms. The van der Waals surface area contributed by atoms with E-state index in [-0.39, 0.29) is 12.3 Å². The van der Waals surface area contributed by atoms with Crippen molar-refractivity contribution in [3.63, 3.8) is 0 Å². The average Bonchev–Trinajstić information content (AvgIpc) is 2.53. The van der Waals surface area contributed by atoms with E-state index in [1.165, 1.54) is 0 Å². The van der Waals surface area contributed by atoms with E-state index in [4.69, 9.17) is 9.84 Å². The van der Waals surface area contributed by atoms with Crippen LogP contribution in [0, 0.1) is 11.8 Å². The van der Waals surface area contributed by atoms with Crippen LogP contribution in [0.3, 0.4) is 0 Å². The first-order valence-electron chi connectivity index (χ1n) is 7.32. The third kappa shape index (κ3) is 5.50.